The molecule has 1 aliphatic heterocycles. The summed E-state index contributed by atoms with van der Waals surface area (Å²) in [5.41, 5.74) is 7.48. The van der Waals surface area contributed by atoms with Crippen molar-refractivity contribution in [2.24, 2.45) is 17.1 Å². The number of primary amides is 1. The topological polar surface area (TPSA) is 133 Å². The molecule has 1 aliphatic carbocycles. The quantitative estimate of drug-likeness (QED) is 0.454. The Bertz CT molecular complexity index is 1200. The van der Waals surface area contributed by atoms with Crippen molar-refractivity contribution >= 4 is 23.3 Å². The molecule has 10 nitrogen and oxygen atoms in total. The number of aromatic nitrogens is 1. The van der Waals surface area contributed by atoms with Crippen LogP contribution in [-0.4, -0.2) is 65.6 Å². The molecule has 0 saturated carbocycles. The van der Waals surface area contributed by atoms with Crippen LogP contribution < -0.4 is 20.5 Å². The van der Waals surface area contributed by atoms with Crippen molar-refractivity contribution in [1.29, 1.82) is 0 Å². The second-order valence-corrected chi connectivity index (χ2v) is 13.3. The highest BCUT2D eigenvalue weighted by molar-refractivity contribution is 5.91. The van der Waals surface area contributed by atoms with Gasteiger partial charge < -0.3 is 30.2 Å². The highest BCUT2D eigenvalue weighted by atomic mass is 16.5. The summed E-state index contributed by atoms with van der Waals surface area (Å²) in [6, 6.07) is 0.939. The lowest BCUT2D eigenvalue weighted by Gasteiger charge is -2.35. The van der Waals surface area contributed by atoms with E-state index in [0.29, 0.717) is 24.7 Å². The number of hydrogen-bond acceptors (Lipinski definition) is 7. The Morgan fingerprint density at radius 1 is 1.20 bits per heavy atom. The molecule has 0 spiro atoms. The van der Waals surface area contributed by atoms with Crippen LogP contribution in [-0.2, 0) is 19.1 Å². The summed E-state index contributed by atoms with van der Waals surface area (Å²) in [6.07, 6.45) is 0.472. The van der Waals surface area contributed by atoms with Gasteiger partial charge in [0.2, 0.25) is 23.6 Å². The van der Waals surface area contributed by atoms with Gasteiger partial charge in [-0.15, -0.1) is 0 Å². The molecule has 0 radical (unpaired) electrons. The van der Waals surface area contributed by atoms with Crippen LogP contribution in [0.25, 0.3) is 5.57 Å². The van der Waals surface area contributed by atoms with Crippen LogP contribution in [0.1, 0.15) is 98.8 Å². The van der Waals surface area contributed by atoms with Crippen molar-refractivity contribution in [2.45, 2.75) is 105 Å². The minimum Gasteiger partial charge on any atom is -0.501 e. The first-order valence-corrected chi connectivity index (χ1v) is 14.5. The molecule has 228 valence electrons. The number of hydrogen-bond donors (Lipinski definition) is 2. The van der Waals surface area contributed by atoms with Gasteiger partial charge >= 0.3 is 0 Å². The predicted molar refractivity (Wildman–Crippen MR) is 157 cm³/mol. The number of allylic oxidation sites excluding steroid dienone is 2. The summed E-state index contributed by atoms with van der Waals surface area (Å²) in [4.78, 5) is 45.6. The van der Waals surface area contributed by atoms with Gasteiger partial charge in [-0.2, -0.15) is 0 Å². The van der Waals surface area contributed by atoms with Crippen LogP contribution in [0.15, 0.2) is 11.8 Å². The number of fused-ring (bicyclic) bond motifs is 1. The molecule has 2 heterocycles. The van der Waals surface area contributed by atoms with E-state index in [4.69, 9.17) is 24.9 Å². The molecule has 4 atom stereocenters. The molecule has 41 heavy (non-hydrogen) atoms. The summed E-state index contributed by atoms with van der Waals surface area (Å²) in [6.45, 7) is 18.0. The average Bonchev–Trinajstić information content (AvgIpc) is 3.26. The van der Waals surface area contributed by atoms with Crippen molar-refractivity contribution in [1.82, 2.24) is 15.2 Å². The third-order valence-electron chi connectivity index (χ3n) is 7.71. The van der Waals surface area contributed by atoms with Gasteiger partial charge in [0.15, 0.2) is 0 Å². The fraction of sp³-hybridized carbons (Fsp3) is 0.677. The number of amides is 3. The summed E-state index contributed by atoms with van der Waals surface area (Å²) in [5.74, 6) is 0.240. The van der Waals surface area contributed by atoms with Crippen molar-refractivity contribution in [3.05, 3.63) is 23.1 Å². The van der Waals surface area contributed by atoms with E-state index in [1.165, 1.54) is 4.90 Å². The molecule has 1 aromatic rings. The first-order valence-electron chi connectivity index (χ1n) is 14.5. The maximum atomic E-state index is 14.0. The molecule has 2 aliphatic rings. The van der Waals surface area contributed by atoms with Crippen molar-refractivity contribution in [3.63, 3.8) is 0 Å². The second kappa shape index (κ2) is 12.3. The maximum absolute atomic E-state index is 14.0. The summed E-state index contributed by atoms with van der Waals surface area (Å²) >= 11 is 0. The van der Waals surface area contributed by atoms with Crippen molar-refractivity contribution < 1.29 is 28.6 Å². The summed E-state index contributed by atoms with van der Waals surface area (Å²) in [5, 5.41) is 2.95. The number of rotatable bonds is 9. The first-order chi connectivity index (χ1) is 19.0. The standard InChI is InChI=1S/C31H48N4O6/c1-11-40-25-15-23(26-17(2)12-22(39-10)18(3)27(26)33-25)41-19-13-21(28(32)37)35(16-19)29(38)20(30(4,5)6)14-24(36)34-31(7,8)9/h15,17,19-21H,11-14,16H2,1-10H3,(H2,32,37)(H,34,36)/t17?,19-,20-,21+/m1/s1. The largest absolute Gasteiger partial charge is 0.501 e. The van der Waals surface area contributed by atoms with E-state index >= 15 is 0 Å². The number of carbonyl (C=O) groups is 3. The van der Waals surface area contributed by atoms with Gasteiger partial charge in [0.05, 0.1) is 31.9 Å². The first kappa shape index (κ1) is 32.2. The van der Waals surface area contributed by atoms with Crippen LogP contribution in [0.2, 0.25) is 0 Å². The second-order valence-electron chi connectivity index (χ2n) is 13.3. The Kier molecular flexibility index (Phi) is 9.65. The van der Waals surface area contributed by atoms with Gasteiger partial charge in [-0.1, -0.05) is 27.7 Å². The highest BCUT2D eigenvalue weighted by Crippen LogP contribution is 2.44. The molecule has 10 heteroatoms. The molecule has 0 aromatic carbocycles. The lowest BCUT2D eigenvalue weighted by atomic mass is 9.77. The number of likely N-dealkylation sites (tertiary alicyclic amines) is 1. The fourth-order valence-corrected chi connectivity index (χ4v) is 5.69. The van der Waals surface area contributed by atoms with Gasteiger partial charge in [-0.25, -0.2) is 4.98 Å². The Balaban J connectivity index is 1.93. The average molecular weight is 573 g/mol. The number of nitrogens with two attached hydrogens (primary N) is 1. The summed E-state index contributed by atoms with van der Waals surface area (Å²) in [7, 11) is 1.66. The van der Waals surface area contributed by atoms with Crippen LogP contribution in [0.4, 0.5) is 0 Å². The summed E-state index contributed by atoms with van der Waals surface area (Å²) < 4.78 is 17.9. The lowest BCUT2D eigenvalue weighted by Crippen LogP contribution is -2.50. The minimum atomic E-state index is -0.841. The minimum absolute atomic E-state index is 0.00759. The Morgan fingerprint density at radius 2 is 1.85 bits per heavy atom. The third-order valence-corrected chi connectivity index (χ3v) is 7.71. The van der Waals surface area contributed by atoms with Crippen LogP contribution in [0.3, 0.4) is 0 Å². The van der Waals surface area contributed by atoms with Gasteiger partial charge in [-0.3, -0.25) is 14.4 Å². The Morgan fingerprint density at radius 3 is 2.39 bits per heavy atom. The van der Waals surface area contributed by atoms with E-state index in [2.05, 4.69) is 12.2 Å². The molecule has 0 bridgehead atoms. The molecule has 1 fully saturated rings. The number of ether oxygens (including phenoxy) is 3. The highest BCUT2D eigenvalue weighted by Gasteiger charge is 2.45. The van der Waals surface area contributed by atoms with E-state index in [1.807, 2.05) is 55.4 Å². The number of methoxy groups -OCH3 is 1. The third kappa shape index (κ3) is 7.51. The Labute approximate surface area is 244 Å². The van der Waals surface area contributed by atoms with Crippen LogP contribution in [0.5, 0.6) is 11.6 Å². The maximum Gasteiger partial charge on any atom is 0.240 e. The number of carbonyl (C=O) groups excluding carboxylic acids is 3. The monoisotopic (exact) mass is 572 g/mol. The van der Waals surface area contributed by atoms with Crippen molar-refractivity contribution in [2.75, 3.05) is 20.3 Å². The molecule has 3 amide bonds. The molecule has 3 rings (SSSR count). The van der Waals surface area contributed by atoms with E-state index in [0.717, 1.165) is 22.6 Å². The fourth-order valence-electron chi connectivity index (χ4n) is 5.69. The molecular weight excluding hydrogens is 524 g/mol. The van der Waals surface area contributed by atoms with E-state index in [-0.39, 0.29) is 37.1 Å². The zero-order chi connectivity index (χ0) is 30.9. The van der Waals surface area contributed by atoms with E-state index < -0.39 is 34.9 Å². The smallest absolute Gasteiger partial charge is 0.240 e. The SMILES string of the molecule is CCOc1cc(O[C@@H]2C[C@@H](C(N)=O)N(C(=O)[C@@H](CC(=O)NC(C)(C)C)C(C)(C)C)C2)c2c(n1)C(C)=C(OC)CC2C. The number of nitrogens with zero attached hydrogens (tertiary/aromatic N) is 2. The number of pyridine rings is 1. The van der Waals surface area contributed by atoms with Gasteiger partial charge in [0.1, 0.15) is 23.7 Å². The predicted octanol–water partition coefficient (Wildman–Crippen LogP) is 4.17. The normalized spacial score (nSPS) is 21.7. The molecule has 1 unspecified atom stereocenters. The van der Waals surface area contributed by atoms with Crippen molar-refractivity contribution in [3.8, 4) is 11.6 Å². The number of nitrogens with one attached hydrogen (secondary N) is 1. The van der Waals surface area contributed by atoms with Crippen LogP contribution >= 0.6 is 0 Å². The van der Waals surface area contributed by atoms with Gasteiger partial charge in [0, 0.05) is 42.0 Å². The zero-order valence-electron chi connectivity index (χ0n) is 26.3. The zero-order valence-corrected chi connectivity index (χ0v) is 26.3. The van der Waals surface area contributed by atoms with Gasteiger partial charge in [0.25, 0.3) is 0 Å². The lowest BCUT2D eigenvalue weighted by molar-refractivity contribution is -0.146. The molecule has 1 saturated heterocycles. The van der Waals surface area contributed by atoms with E-state index in [1.54, 1.807) is 13.2 Å². The Hall–Kier alpha value is -3.30. The van der Waals surface area contributed by atoms with E-state index in [9.17, 15) is 14.4 Å². The molecule has 3 N–H and O–H groups in total. The van der Waals surface area contributed by atoms with Gasteiger partial charge in [-0.05, 0) is 46.0 Å². The molecule has 1 aromatic heterocycles. The molecular formula is C31H48N4O6. The van der Waals surface area contributed by atoms with Crippen LogP contribution in [0, 0.1) is 11.3 Å².